The highest BCUT2D eigenvalue weighted by Gasteiger charge is 2.27. The predicted molar refractivity (Wildman–Crippen MR) is 435 cm³/mol. The van der Waals surface area contributed by atoms with Crippen molar-refractivity contribution in [2.24, 2.45) is 0 Å². The molecule has 16 aromatic carbocycles. The van der Waals surface area contributed by atoms with Gasteiger partial charge in [-0.25, -0.2) is 0 Å². The first kappa shape index (κ1) is 56.1. The Morgan fingerprint density at radius 1 is 0.202 bits per heavy atom. The highest BCUT2D eigenvalue weighted by molar-refractivity contribution is 7.26. The molecule has 0 amide bonds. The van der Waals surface area contributed by atoms with Crippen molar-refractivity contribution in [2.75, 3.05) is 0 Å². The lowest BCUT2D eigenvalue weighted by molar-refractivity contribution is 0.670. The lowest BCUT2D eigenvalue weighted by Crippen LogP contribution is -1.95. The summed E-state index contributed by atoms with van der Waals surface area (Å²) in [6, 6.07) is 120. The minimum atomic E-state index is 0.866. The van der Waals surface area contributed by atoms with Crippen LogP contribution in [-0.4, -0.2) is 18.3 Å². The van der Waals surface area contributed by atoms with E-state index in [1.165, 1.54) is 63.6 Å². The van der Waals surface area contributed by atoms with Crippen LogP contribution in [0.1, 0.15) is 0 Å². The van der Waals surface area contributed by atoms with Crippen molar-refractivity contribution in [3.63, 3.8) is 0 Å². The van der Waals surface area contributed by atoms with Crippen LogP contribution in [0.2, 0.25) is 0 Å². The summed E-state index contributed by atoms with van der Waals surface area (Å²) in [6.07, 6.45) is 0. The lowest BCUT2D eigenvalue weighted by Gasteiger charge is -2.12. The summed E-state index contributed by atoms with van der Waals surface area (Å²) in [5.41, 5.74) is 25.5. The fourth-order valence-corrected chi connectivity index (χ4v) is 19.1. The molecule has 7 nitrogen and oxygen atoms in total. The average Bonchev–Trinajstić information content (AvgIpc) is 1.56. The average molecular weight is 1340 g/mol. The summed E-state index contributed by atoms with van der Waals surface area (Å²) in [4.78, 5) is 0. The Bertz CT molecular complexity index is 7820. The molecule has 8 heteroatoms. The van der Waals surface area contributed by atoms with Crippen LogP contribution in [0.4, 0.5) is 0 Å². The van der Waals surface area contributed by atoms with Crippen LogP contribution in [0.15, 0.2) is 341 Å². The van der Waals surface area contributed by atoms with Crippen LogP contribution in [-0.2, 0) is 0 Å². The maximum absolute atomic E-state index is 7.04. The van der Waals surface area contributed by atoms with E-state index in [1.54, 1.807) is 0 Å². The topological polar surface area (TPSA) is 59.1 Å². The molecule has 8 aromatic heterocycles. The van der Waals surface area contributed by atoms with Crippen molar-refractivity contribution in [3.05, 3.63) is 328 Å². The molecule has 0 aliphatic heterocycles. The maximum Gasteiger partial charge on any atom is 0.160 e. The molecule has 104 heavy (non-hydrogen) atoms. The number of rotatable bonds is 7. The smallest absolute Gasteiger partial charge is 0.160 e. The molecular formula is C96H54N4O3S. The summed E-state index contributed by atoms with van der Waals surface area (Å²) < 4.78 is 32.6. The Hall–Kier alpha value is -13.7. The van der Waals surface area contributed by atoms with Crippen molar-refractivity contribution in [2.45, 2.75) is 0 Å². The zero-order valence-electron chi connectivity index (χ0n) is 55.6. The fraction of sp³-hybridized carbons (Fsp3) is 0. The third kappa shape index (κ3) is 7.67. The molecule has 0 aliphatic rings. The minimum Gasteiger partial charge on any atom is -0.455 e. The first-order valence-electron chi connectivity index (χ1n) is 35.4. The van der Waals surface area contributed by atoms with E-state index < -0.39 is 0 Å². The molecule has 0 aliphatic carbocycles. The van der Waals surface area contributed by atoms with Crippen LogP contribution < -0.4 is 0 Å². The number of benzene rings is 16. The molecule has 482 valence electrons. The Morgan fingerprint density at radius 2 is 0.558 bits per heavy atom. The van der Waals surface area contributed by atoms with Gasteiger partial charge in [-0.05, 0) is 155 Å². The second-order valence-corrected chi connectivity index (χ2v) is 28.8. The van der Waals surface area contributed by atoms with Gasteiger partial charge in [0.15, 0.2) is 11.2 Å². The van der Waals surface area contributed by atoms with Gasteiger partial charge in [-0.2, -0.15) is 0 Å². The quantitative estimate of drug-likeness (QED) is 0.160. The number of hydrogen-bond acceptors (Lipinski definition) is 4. The summed E-state index contributed by atoms with van der Waals surface area (Å²) in [7, 11) is 0. The summed E-state index contributed by atoms with van der Waals surface area (Å²) in [6.45, 7) is 0. The summed E-state index contributed by atoms with van der Waals surface area (Å²) in [5, 5.41) is 18.6. The number of aromatic nitrogens is 4. The largest absolute Gasteiger partial charge is 0.455 e. The van der Waals surface area contributed by atoms with Crippen LogP contribution in [0.5, 0.6) is 0 Å². The van der Waals surface area contributed by atoms with E-state index in [1.807, 2.05) is 23.5 Å². The highest BCUT2D eigenvalue weighted by Crippen LogP contribution is 2.51. The molecule has 24 rings (SSSR count). The SMILES string of the molecule is c1ccc2c(c1)oc1c2ccc2c1c1ccccc1n2-c1ccc(-c2ccc(-n3c4cccc(-c5cccc6c5c5ccc7c8ccccc8sc7c5n6-c5ccc(-c6ccc(-n7c8ccccc8c8ccc9c%10ccccc%10oc9c87)cc6)cc5)c4c4ccc5c6ccccc6oc5c43)cc2)cc1. The lowest BCUT2D eigenvalue weighted by atomic mass is 9.95. The van der Waals surface area contributed by atoms with E-state index >= 15 is 0 Å². The number of hydrogen-bond donors (Lipinski definition) is 0. The van der Waals surface area contributed by atoms with Gasteiger partial charge in [-0.15, -0.1) is 11.3 Å². The summed E-state index contributed by atoms with van der Waals surface area (Å²) >= 11 is 1.88. The minimum absolute atomic E-state index is 0.866. The molecule has 0 bridgehead atoms. The molecule has 0 saturated heterocycles. The second-order valence-electron chi connectivity index (χ2n) is 27.7. The van der Waals surface area contributed by atoms with Gasteiger partial charge in [0.2, 0.25) is 0 Å². The van der Waals surface area contributed by atoms with Gasteiger partial charge < -0.3 is 31.5 Å². The molecule has 0 unspecified atom stereocenters. The van der Waals surface area contributed by atoms with E-state index in [9.17, 15) is 0 Å². The van der Waals surface area contributed by atoms with Crippen molar-refractivity contribution < 1.29 is 13.3 Å². The number of fused-ring (bicyclic) bond motifs is 28. The van der Waals surface area contributed by atoms with Crippen molar-refractivity contribution in [1.82, 2.24) is 18.3 Å². The van der Waals surface area contributed by atoms with Gasteiger partial charge in [-0.3, -0.25) is 0 Å². The van der Waals surface area contributed by atoms with Crippen molar-refractivity contribution in [3.8, 4) is 56.1 Å². The van der Waals surface area contributed by atoms with Gasteiger partial charge in [-0.1, -0.05) is 206 Å². The normalized spacial score (nSPS) is 12.4. The maximum atomic E-state index is 7.04. The Balaban J connectivity index is 0.643. The third-order valence-corrected chi connectivity index (χ3v) is 23.6. The van der Waals surface area contributed by atoms with Gasteiger partial charge in [0.1, 0.15) is 22.3 Å². The van der Waals surface area contributed by atoms with Crippen LogP contribution in [0.3, 0.4) is 0 Å². The zero-order chi connectivity index (χ0) is 67.6. The standard InChI is InChI=1S/C96H54N4O3S/c1-7-23-78-63(15-1)70-47-48-72-65-17-4-10-28-84(65)102-94(72)90(70)98(78)60-41-33-56(34-42-60)58-37-45-62(46-38-58)100-81-26-14-22-69(88(81)77-52-50-74-67-19-6-12-30-86(67)104-96(74)92(77)100)68-21-13-25-80-87(68)76-51-49-73-66-18-5-11-29-85(66)103-95(73)91(76)99(80)61-43-35-57(36-44-61)55-31-39-59(40-32-55)97-79-24-8-2-20-75(79)89-82(97)54-53-71-64-16-3-9-27-83(64)101-93(71)89/h1-54H. The predicted octanol–water partition coefficient (Wildman–Crippen LogP) is 27.1. The zero-order valence-corrected chi connectivity index (χ0v) is 56.4. The van der Waals surface area contributed by atoms with Crippen molar-refractivity contribution in [1.29, 1.82) is 0 Å². The Morgan fingerprint density at radius 3 is 1.11 bits per heavy atom. The van der Waals surface area contributed by atoms with E-state index in [0.29, 0.717) is 0 Å². The molecule has 0 saturated carbocycles. The second kappa shape index (κ2) is 21.0. The number of para-hydroxylation sites is 5. The van der Waals surface area contributed by atoms with E-state index in [2.05, 4.69) is 334 Å². The van der Waals surface area contributed by atoms with Crippen LogP contribution in [0.25, 0.3) is 229 Å². The van der Waals surface area contributed by atoms with Crippen LogP contribution in [0, 0.1) is 0 Å². The Kier molecular flexibility index (Phi) is 11.3. The van der Waals surface area contributed by atoms with Gasteiger partial charge in [0, 0.05) is 108 Å². The van der Waals surface area contributed by atoms with E-state index in [4.69, 9.17) is 13.3 Å². The van der Waals surface area contributed by atoms with Gasteiger partial charge in [0.25, 0.3) is 0 Å². The molecule has 0 atom stereocenters. The third-order valence-electron chi connectivity index (χ3n) is 22.4. The molecule has 0 N–H and O–H groups in total. The van der Waals surface area contributed by atoms with Gasteiger partial charge in [0.05, 0.1) is 54.2 Å². The summed E-state index contributed by atoms with van der Waals surface area (Å²) in [5.74, 6) is 0. The molecule has 8 heterocycles. The molecule has 0 spiro atoms. The molecular weight excluding hydrogens is 1290 g/mol. The van der Waals surface area contributed by atoms with Crippen molar-refractivity contribution >= 4 is 185 Å². The van der Waals surface area contributed by atoms with Gasteiger partial charge >= 0.3 is 0 Å². The van der Waals surface area contributed by atoms with E-state index in [-0.39, 0.29) is 0 Å². The highest BCUT2D eigenvalue weighted by atomic mass is 32.1. The first-order chi connectivity index (χ1) is 51.6. The fourth-order valence-electron chi connectivity index (χ4n) is 17.9. The molecule has 24 aromatic rings. The molecule has 0 fully saturated rings. The number of furan rings is 3. The number of nitrogens with zero attached hydrogens (tertiary/aromatic N) is 4. The van der Waals surface area contributed by atoms with E-state index in [0.717, 1.165) is 166 Å². The number of thiophene rings is 1. The van der Waals surface area contributed by atoms with Crippen LogP contribution >= 0.6 is 11.3 Å². The molecule has 0 radical (unpaired) electrons. The monoisotopic (exact) mass is 1340 g/mol. The Labute approximate surface area is 595 Å². The first-order valence-corrected chi connectivity index (χ1v) is 36.3.